The zero-order valence-electron chi connectivity index (χ0n) is 18.2. The second-order valence-corrected chi connectivity index (χ2v) is 6.91. The van der Waals surface area contributed by atoms with Crippen molar-refractivity contribution in [2.75, 3.05) is 20.8 Å². The summed E-state index contributed by atoms with van der Waals surface area (Å²) in [5.74, 6) is 1.87. The molecular formula is C23H28N4O4. The van der Waals surface area contributed by atoms with Gasteiger partial charge in [0.15, 0.2) is 17.5 Å². The van der Waals surface area contributed by atoms with Gasteiger partial charge in [-0.3, -0.25) is 0 Å². The number of aromatic hydroxyl groups is 1. The van der Waals surface area contributed by atoms with Gasteiger partial charge in [-0.1, -0.05) is 17.7 Å². The van der Waals surface area contributed by atoms with Crippen molar-refractivity contribution in [3.05, 3.63) is 59.5 Å². The zero-order valence-corrected chi connectivity index (χ0v) is 18.2. The van der Waals surface area contributed by atoms with Crippen LogP contribution in [0.1, 0.15) is 23.7 Å². The molecule has 31 heavy (non-hydrogen) atoms. The molecule has 3 aromatic rings. The lowest BCUT2D eigenvalue weighted by Crippen LogP contribution is -2.36. The fourth-order valence-corrected chi connectivity index (χ4v) is 2.94. The summed E-state index contributed by atoms with van der Waals surface area (Å²) in [7, 11) is 2.99. The van der Waals surface area contributed by atoms with Gasteiger partial charge in [0.05, 0.1) is 33.0 Å². The highest BCUT2D eigenvalue weighted by atomic mass is 16.5. The number of hydrogen-bond donors (Lipinski definition) is 3. The SMILES string of the molecule is CCNC(=NCc1cc(OC)c(O)c(OC)c1)NCc1coc(-c2ccc(C)cc2)n1. The van der Waals surface area contributed by atoms with Crippen LogP contribution in [-0.2, 0) is 13.1 Å². The monoisotopic (exact) mass is 424 g/mol. The third kappa shape index (κ3) is 5.69. The van der Waals surface area contributed by atoms with Gasteiger partial charge >= 0.3 is 0 Å². The first-order chi connectivity index (χ1) is 15.0. The van der Waals surface area contributed by atoms with Gasteiger partial charge in [0.25, 0.3) is 0 Å². The van der Waals surface area contributed by atoms with E-state index in [9.17, 15) is 5.11 Å². The highest BCUT2D eigenvalue weighted by Crippen LogP contribution is 2.37. The van der Waals surface area contributed by atoms with Crippen molar-refractivity contribution in [2.45, 2.75) is 26.9 Å². The molecule has 0 amide bonds. The van der Waals surface area contributed by atoms with Gasteiger partial charge in [-0.15, -0.1) is 0 Å². The van der Waals surface area contributed by atoms with E-state index in [1.165, 1.54) is 19.8 Å². The highest BCUT2D eigenvalue weighted by molar-refractivity contribution is 5.79. The summed E-state index contributed by atoms with van der Waals surface area (Å²) < 4.78 is 16.0. The number of ether oxygens (including phenoxy) is 2. The number of aromatic nitrogens is 1. The van der Waals surface area contributed by atoms with Gasteiger partial charge in [-0.25, -0.2) is 9.98 Å². The second-order valence-electron chi connectivity index (χ2n) is 6.91. The molecule has 0 saturated heterocycles. The zero-order chi connectivity index (χ0) is 22.2. The number of oxazole rings is 1. The van der Waals surface area contributed by atoms with Gasteiger partial charge in [0.2, 0.25) is 11.6 Å². The Morgan fingerprint density at radius 2 is 1.77 bits per heavy atom. The highest BCUT2D eigenvalue weighted by Gasteiger charge is 2.11. The molecule has 0 radical (unpaired) electrons. The fraction of sp³-hybridized carbons (Fsp3) is 0.304. The lowest BCUT2D eigenvalue weighted by molar-refractivity contribution is 0.339. The molecule has 0 aliphatic rings. The predicted molar refractivity (Wildman–Crippen MR) is 120 cm³/mol. The van der Waals surface area contributed by atoms with Crippen molar-refractivity contribution in [2.24, 2.45) is 4.99 Å². The lowest BCUT2D eigenvalue weighted by atomic mass is 10.1. The maximum atomic E-state index is 10.1. The smallest absolute Gasteiger partial charge is 0.226 e. The van der Waals surface area contributed by atoms with E-state index in [-0.39, 0.29) is 5.75 Å². The van der Waals surface area contributed by atoms with Gasteiger partial charge in [0.1, 0.15) is 6.26 Å². The molecule has 1 aromatic heterocycles. The first-order valence-corrected chi connectivity index (χ1v) is 10.0. The van der Waals surface area contributed by atoms with Crippen molar-refractivity contribution in [1.29, 1.82) is 0 Å². The van der Waals surface area contributed by atoms with E-state index in [0.717, 1.165) is 16.8 Å². The molecule has 0 spiro atoms. The van der Waals surface area contributed by atoms with Crippen LogP contribution in [0.4, 0.5) is 0 Å². The number of benzene rings is 2. The maximum Gasteiger partial charge on any atom is 0.226 e. The average Bonchev–Trinajstić information content (AvgIpc) is 3.26. The Morgan fingerprint density at radius 1 is 1.10 bits per heavy atom. The summed E-state index contributed by atoms with van der Waals surface area (Å²) in [6, 6.07) is 11.5. The predicted octanol–water partition coefficient (Wildman–Crippen LogP) is 3.63. The largest absolute Gasteiger partial charge is 0.502 e. The normalized spacial score (nSPS) is 11.3. The van der Waals surface area contributed by atoms with Crippen LogP contribution in [0, 0.1) is 6.92 Å². The lowest BCUT2D eigenvalue weighted by Gasteiger charge is -2.12. The number of nitrogens with one attached hydrogen (secondary N) is 2. The van der Waals surface area contributed by atoms with E-state index in [4.69, 9.17) is 13.9 Å². The number of rotatable bonds is 8. The standard InChI is InChI=1S/C23H28N4O4/c1-5-24-23(25-12-16-10-19(29-3)21(28)20(11-16)30-4)26-13-18-14-31-22(27-18)17-8-6-15(2)7-9-17/h6-11,14,28H,5,12-13H2,1-4H3,(H2,24,25,26). The Bertz CT molecular complexity index is 1000. The molecule has 0 unspecified atom stereocenters. The van der Waals surface area contributed by atoms with Crippen LogP contribution in [0.3, 0.4) is 0 Å². The molecule has 0 saturated carbocycles. The van der Waals surface area contributed by atoms with E-state index in [0.29, 0.717) is 43.0 Å². The number of methoxy groups -OCH3 is 2. The Labute approximate surface area is 181 Å². The molecule has 3 N–H and O–H groups in total. The van der Waals surface area contributed by atoms with Crippen LogP contribution in [0.2, 0.25) is 0 Å². The third-order valence-electron chi connectivity index (χ3n) is 4.59. The minimum absolute atomic E-state index is 0.0295. The maximum absolute atomic E-state index is 10.1. The third-order valence-corrected chi connectivity index (χ3v) is 4.59. The van der Waals surface area contributed by atoms with Crippen LogP contribution in [-0.4, -0.2) is 36.8 Å². The minimum atomic E-state index is -0.0295. The fourth-order valence-electron chi connectivity index (χ4n) is 2.94. The van der Waals surface area contributed by atoms with Crippen molar-refractivity contribution >= 4 is 5.96 Å². The molecule has 0 atom stereocenters. The van der Waals surface area contributed by atoms with E-state index < -0.39 is 0 Å². The van der Waals surface area contributed by atoms with Crippen molar-refractivity contribution in [1.82, 2.24) is 15.6 Å². The first kappa shape index (κ1) is 22.0. The van der Waals surface area contributed by atoms with Crippen LogP contribution >= 0.6 is 0 Å². The number of guanidine groups is 1. The Kier molecular flexibility index (Phi) is 7.37. The summed E-state index contributed by atoms with van der Waals surface area (Å²) >= 11 is 0. The Hall–Kier alpha value is -3.68. The molecule has 3 rings (SSSR count). The molecule has 0 aliphatic heterocycles. The number of nitrogens with zero attached hydrogens (tertiary/aromatic N) is 2. The van der Waals surface area contributed by atoms with Crippen molar-refractivity contribution in [3.63, 3.8) is 0 Å². The summed E-state index contributed by atoms with van der Waals surface area (Å²) in [6.45, 7) is 5.58. The minimum Gasteiger partial charge on any atom is -0.502 e. The molecule has 0 bridgehead atoms. The van der Waals surface area contributed by atoms with E-state index >= 15 is 0 Å². The number of hydrogen-bond acceptors (Lipinski definition) is 6. The number of aliphatic imine (C=N–C) groups is 1. The molecular weight excluding hydrogens is 396 g/mol. The van der Waals surface area contributed by atoms with Crippen molar-refractivity contribution < 1.29 is 19.0 Å². The van der Waals surface area contributed by atoms with Crippen LogP contribution in [0.25, 0.3) is 11.5 Å². The first-order valence-electron chi connectivity index (χ1n) is 10.0. The van der Waals surface area contributed by atoms with Gasteiger partial charge in [-0.05, 0) is 43.7 Å². The quantitative estimate of drug-likeness (QED) is 0.375. The van der Waals surface area contributed by atoms with Crippen molar-refractivity contribution in [3.8, 4) is 28.7 Å². The molecule has 164 valence electrons. The summed E-state index contributed by atoms with van der Waals surface area (Å²) in [6.07, 6.45) is 1.64. The van der Waals surface area contributed by atoms with Gasteiger partial charge < -0.3 is 29.6 Å². The van der Waals surface area contributed by atoms with Crippen LogP contribution in [0.5, 0.6) is 17.2 Å². The Morgan fingerprint density at radius 3 is 2.39 bits per heavy atom. The number of phenolic OH excluding ortho intramolecular Hbond substituents is 1. The molecule has 2 aromatic carbocycles. The van der Waals surface area contributed by atoms with E-state index in [1.54, 1.807) is 18.4 Å². The van der Waals surface area contributed by atoms with Crippen LogP contribution < -0.4 is 20.1 Å². The second kappa shape index (κ2) is 10.4. The molecule has 8 nitrogen and oxygen atoms in total. The average molecular weight is 425 g/mol. The summed E-state index contributed by atoms with van der Waals surface area (Å²) in [4.78, 5) is 9.14. The van der Waals surface area contributed by atoms with Gasteiger partial charge in [-0.2, -0.15) is 0 Å². The van der Waals surface area contributed by atoms with E-state index in [1.807, 2.05) is 38.1 Å². The molecule has 0 aliphatic carbocycles. The number of phenols is 1. The van der Waals surface area contributed by atoms with E-state index in [2.05, 4.69) is 20.6 Å². The number of aryl methyl sites for hydroxylation is 1. The topological polar surface area (TPSA) is 101 Å². The Balaban J connectivity index is 1.67. The molecule has 1 heterocycles. The molecule has 0 fully saturated rings. The summed E-state index contributed by atoms with van der Waals surface area (Å²) in [5.41, 5.74) is 3.74. The van der Waals surface area contributed by atoms with Crippen LogP contribution in [0.15, 0.2) is 52.1 Å². The summed E-state index contributed by atoms with van der Waals surface area (Å²) in [5, 5.41) is 16.5. The molecule has 8 heteroatoms. The van der Waals surface area contributed by atoms with Gasteiger partial charge in [0, 0.05) is 12.1 Å².